The lowest BCUT2D eigenvalue weighted by molar-refractivity contribution is 0.0953. The molecule has 0 aromatic heterocycles. The van der Waals surface area contributed by atoms with Crippen LogP contribution in [-0.2, 0) is 10.0 Å². The van der Waals surface area contributed by atoms with E-state index in [2.05, 4.69) is 12.2 Å². The normalized spacial score (nSPS) is 15.6. The van der Waals surface area contributed by atoms with Gasteiger partial charge in [-0.05, 0) is 37.5 Å². The number of benzene rings is 1. The molecule has 24 heavy (non-hydrogen) atoms. The third-order valence-corrected chi connectivity index (χ3v) is 6.43. The topological polar surface area (TPSA) is 66.5 Å². The molecule has 7 heteroatoms. The first-order chi connectivity index (χ1) is 11.5. The molecule has 1 heterocycles. The molecule has 1 N–H and O–H groups in total. The Morgan fingerprint density at radius 1 is 1.21 bits per heavy atom. The lowest BCUT2D eigenvalue weighted by Gasteiger charge is -2.16. The number of rotatable bonds is 8. The smallest absolute Gasteiger partial charge is 0.252 e. The second kappa shape index (κ2) is 8.83. The minimum atomic E-state index is -3.55. The molecule has 0 spiro atoms. The molecular weight excluding hydrogens is 348 g/mol. The average molecular weight is 373 g/mol. The molecule has 1 aliphatic rings. The molecule has 134 valence electrons. The number of hydrogen-bond acceptors (Lipinski definition) is 3. The number of halogens is 1. The molecule has 0 bridgehead atoms. The highest BCUT2D eigenvalue weighted by Crippen LogP contribution is 2.25. The van der Waals surface area contributed by atoms with Crippen LogP contribution in [-0.4, -0.2) is 38.3 Å². The number of carbonyl (C=O) groups is 1. The number of carbonyl (C=O) groups excluding carboxylic acids is 1. The minimum absolute atomic E-state index is 0.130. The SMILES string of the molecule is CCCCCCNC(=O)c1cc(S(=O)(=O)N2CCCC2)ccc1Cl. The number of sulfonamides is 1. The van der Waals surface area contributed by atoms with Gasteiger partial charge in [0.25, 0.3) is 5.91 Å². The van der Waals surface area contributed by atoms with Gasteiger partial charge in [0.1, 0.15) is 0 Å². The van der Waals surface area contributed by atoms with E-state index >= 15 is 0 Å². The van der Waals surface area contributed by atoms with Crippen molar-refractivity contribution in [2.24, 2.45) is 0 Å². The molecule has 2 rings (SSSR count). The molecule has 0 unspecified atom stereocenters. The fourth-order valence-electron chi connectivity index (χ4n) is 2.77. The molecule has 0 radical (unpaired) electrons. The summed E-state index contributed by atoms with van der Waals surface area (Å²) < 4.78 is 26.7. The fraction of sp³-hybridized carbons (Fsp3) is 0.588. The first-order valence-corrected chi connectivity index (χ1v) is 10.4. The third-order valence-electron chi connectivity index (χ3n) is 4.20. The molecule has 1 aliphatic heterocycles. The van der Waals surface area contributed by atoms with E-state index in [-0.39, 0.29) is 21.4 Å². The van der Waals surface area contributed by atoms with Gasteiger partial charge in [0.15, 0.2) is 0 Å². The Morgan fingerprint density at radius 2 is 1.92 bits per heavy atom. The van der Waals surface area contributed by atoms with Crippen LogP contribution in [0.25, 0.3) is 0 Å². The highest BCUT2D eigenvalue weighted by Gasteiger charge is 2.28. The van der Waals surface area contributed by atoms with Gasteiger partial charge in [-0.1, -0.05) is 37.8 Å². The minimum Gasteiger partial charge on any atom is -0.352 e. The van der Waals surface area contributed by atoms with Crippen LogP contribution in [0.4, 0.5) is 0 Å². The number of amides is 1. The summed E-state index contributed by atoms with van der Waals surface area (Å²) in [6, 6.07) is 4.34. The molecule has 0 atom stereocenters. The second-order valence-electron chi connectivity index (χ2n) is 6.07. The van der Waals surface area contributed by atoms with Gasteiger partial charge in [0.05, 0.1) is 15.5 Å². The summed E-state index contributed by atoms with van der Waals surface area (Å²) in [7, 11) is -3.55. The highest BCUT2D eigenvalue weighted by atomic mass is 35.5. The summed E-state index contributed by atoms with van der Waals surface area (Å²) in [5, 5.41) is 3.08. The highest BCUT2D eigenvalue weighted by molar-refractivity contribution is 7.89. The van der Waals surface area contributed by atoms with Gasteiger partial charge >= 0.3 is 0 Å². The Bertz CT molecular complexity index is 670. The monoisotopic (exact) mass is 372 g/mol. The lowest BCUT2D eigenvalue weighted by atomic mass is 10.2. The molecule has 0 saturated carbocycles. The summed E-state index contributed by atoms with van der Waals surface area (Å²) in [6.07, 6.45) is 5.99. The molecule has 1 aromatic carbocycles. The van der Waals surface area contributed by atoms with E-state index in [4.69, 9.17) is 11.6 Å². The summed E-state index contributed by atoms with van der Waals surface area (Å²) in [6.45, 7) is 3.76. The maximum absolute atomic E-state index is 12.6. The van der Waals surface area contributed by atoms with Crippen molar-refractivity contribution in [2.75, 3.05) is 19.6 Å². The fourth-order valence-corrected chi connectivity index (χ4v) is 4.51. The zero-order valence-corrected chi connectivity index (χ0v) is 15.6. The average Bonchev–Trinajstić information content (AvgIpc) is 3.10. The van der Waals surface area contributed by atoms with Gasteiger partial charge in [0.2, 0.25) is 10.0 Å². The van der Waals surface area contributed by atoms with Crippen LogP contribution in [0.1, 0.15) is 55.8 Å². The molecule has 5 nitrogen and oxygen atoms in total. The predicted molar refractivity (Wildman–Crippen MR) is 95.9 cm³/mol. The summed E-state index contributed by atoms with van der Waals surface area (Å²) in [5.41, 5.74) is 0.215. The van der Waals surface area contributed by atoms with Crippen LogP contribution < -0.4 is 5.32 Å². The number of nitrogens with one attached hydrogen (secondary N) is 1. The van der Waals surface area contributed by atoms with Crippen LogP contribution in [0, 0.1) is 0 Å². The molecular formula is C17H25ClN2O3S. The van der Waals surface area contributed by atoms with Gasteiger partial charge in [-0.15, -0.1) is 0 Å². The largest absolute Gasteiger partial charge is 0.352 e. The van der Waals surface area contributed by atoms with Crippen molar-refractivity contribution in [3.05, 3.63) is 28.8 Å². The molecule has 1 saturated heterocycles. The van der Waals surface area contributed by atoms with E-state index < -0.39 is 10.0 Å². The van der Waals surface area contributed by atoms with Crippen molar-refractivity contribution in [3.8, 4) is 0 Å². The van der Waals surface area contributed by atoms with E-state index in [0.29, 0.717) is 19.6 Å². The maximum atomic E-state index is 12.6. The van der Waals surface area contributed by atoms with Gasteiger partial charge in [-0.25, -0.2) is 8.42 Å². The zero-order valence-electron chi connectivity index (χ0n) is 14.1. The van der Waals surface area contributed by atoms with Gasteiger partial charge in [-0.2, -0.15) is 4.31 Å². The molecule has 1 fully saturated rings. The first-order valence-electron chi connectivity index (χ1n) is 8.54. The lowest BCUT2D eigenvalue weighted by Crippen LogP contribution is -2.29. The zero-order chi connectivity index (χ0) is 17.6. The molecule has 0 aliphatic carbocycles. The van der Waals surface area contributed by atoms with Crippen molar-refractivity contribution in [3.63, 3.8) is 0 Å². The summed E-state index contributed by atoms with van der Waals surface area (Å²) in [4.78, 5) is 12.4. The van der Waals surface area contributed by atoms with E-state index in [1.54, 1.807) is 0 Å². The summed E-state index contributed by atoms with van der Waals surface area (Å²) >= 11 is 6.09. The van der Waals surface area contributed by atoms with Crippen molar-refractivity contribution in [2.45, 2.75) is 50.3 Å². The van der Waals surface area contributed by atoms with Crippen molar-refractivity contribution >= 4 is 27.5 Å². The summed E-state index contributed by atoms with van der Waals surface area (Å²) in [5.74, 6) is -0.324. The third kappa shape index (κ3) is 4.71. The number of unbranched alkanes of at least 4 members (excludes halogenated alkanes) is 3. The number of hydrogen-bond donors (Lipinski definition) is 1. The van der Waals surface area contributed by atoms with Crippen molar-refractivity contribution < 1.29 is 13.2 Å². The molecule has 1 amide bonds. The van der Waals surface area contributed by atoms with E-state index in [9.17, 15) is 13.2 Å². The standard InChI is InChI=1S/C17H25ClN2O3S/c1-2-3-4-5-10-19-17(21)15-13-14(8-9-16(15)18)24(22,23)20-11-6-7-12-20/h8-9,13H,2-7,10-12H2,1H3,(H,19,21). The second-order valence-corrected chi connectivity index (χ2v) is 8.41. The Labute approximate surface area is 149 Å². The van der Waals surface area contributed by atoms with Crippen LogP contribution >= 0.6 is 11.6 Å². The van der Waals surface area contributed by atoms with Gasteiger partial charge in [-0.3, -0.25) is 4.79 Å². The Balaban J connectivity index is 2.09. The van der Waals surface area contributed by atoms with Crippen LogP contribution in [0.5, 0.6) is 0 Å². The van der Waals surface area contributed by atoms with Gasteiger partial charge < -0.3 is 5.32 Å². The van der Waals surface area contributed by atoms with E-state index in [0.717, 1.165) is 38.5 Å². The van der Waals surface area contributed by atoms with Crippen LogP contribution in [0.3, 0.4) is 0 Å². The van der Waals surface area contributed by atoms with Crippen molar-refractivity contribution in [1.29, 1.82) is 0 Å². The quantitative estimate of drug-likeness (QED) is 0.711. The van der Waals surface area contributed by atoms with E-state index in [1.807, 2.05) is 0 Å². The van der Waals surface area contributed by atoms with E-state index in [1.165, 1.54) is 22.5 Å². The van der Waals surface area contributed by atoms with Crippen LogP contribution in [0.2, 0.25) is 5.02 Å². The number of nitrogens with zero attached hydrogens (tertiary/aromatic N) is 1. The first kappa shape index (κ1) is 19.2. The molecule has 1 aromatic rings. The Kier molecular flexibility index (Phi) is 7.07. The van der Waals surface area contributed by atoms with Gasteiger partial charge in [0, 0.05) is 19.6 Å². The predicted octanol–water partition coefficient (Wildman–Crippen LogP) is 3.43. The maximum Gasteiger partial charge on any atom is 0.252 e. The Hall–Kier alpha value is -1.11. The van der Waals surface area contributed by atoms with Crippen molar-refractivity contribution in [1.82, 2.24) is 9.62 Å². The Morgan fingerprint density at radius 3 is 2.58 bits per heavy atom. The van der Waals surface area contributed by atoms with Crippen LogP contribution in [0.15, 0.2) is 23.1 Å².